The zero-order valence-corrected chi connectivity index (χ0v) is 14.8. The van der Waals surface area contributed by atoms with Crippen molar-refractivity contribution in [3.05, 3.63) is 77.6 Å². The Hall–Kier alpha value is -3.08. The molecule has 0 bridgehead atoms. The maximum absolute atomic E-state index is 13.4. The van der Waals surface area contributed by atoms with Gasteiger partial charge in [-0.2, -0.15) is 0 Å². The Labute approximate surface area is 152 Å². The number of aromatic hydroxyl groups is 1. The van der Waals surface area contributed by atoms with Crippen molar-refractivity contribution in [1.29, 1.82) is 0 Å². The van der Waals surface area contributed by atoms with E-state index >= 15 is 0 Å². The normalized spacial score (nSPS) is 12.8. The van der Waals surface area contributed by atoms with Crippen LogP contribution in [0.3, 0.4) is 0 Å². The van der Waals surface area contributed by atoms with Crippen molar-refractivity contribution >= 4 is 16.7 Å². The average molecular weight is 351 g/mol. The summed E-state index contributed by atoms with van der Waals surface area (Å²) in [6, 6.07) is 19.0. The minimum absolute atomic E-state index is 0.0577. The van der Waals surface area contributed by atoms with Gasteiger partial charge < -0.3 is 15.7 Å². The third-order valence-electron chi connectivity index (χ3n) is 4.32. The van der Waals surface area contributed by atoms with Gasteiger partial charge in [-0.1, -0.05) is 42.5 Å². The fourth-order valence-corrected chi connectivity index (χ4v) is 2.81. The lowest BCUT2D eigenvalue weighted by Gasteiger charge is -2.19. The lowest BCUT2D eigenvalue weighted by atomic mass is 10.0. The van der Waals surface area contributed by atoms with Crippen LogP contribution in [0.1, 0.15) is 24.1 Å². The van der Waals surface area contributed by atoms with Crippen LogP contribution in [0.5, 0.6) is 5.75 Å². The Morgan fingerprint density at radius 3 is 2.58 bits per heavy atom. The van der Waals surface area contributed by atoms with Crippen LogP contribution in [0.2, 0.25) is 0 Å². The quantitative estimate of drug-likeness (QED) is 0.490. The molecule has 0 aliphatic rings. The van der Waals surface area contributed by atoms with E-state index in [-0.39, 0.29) is 11.8 Å². The van der Waals surface area contributed by atoms with Crippen molar-refractivity contribution in [2.24, 2.45) is 4.99 Å². The summed E-state index contributed by atoms with van der Waals surface area (Å²) in [6.07, 6.45) is 0. The maximum atomic E-state index is 13.4. The van der Waals surface area contributed by atoms with E-state index < -0.39 is 5.82 Å². The van der Waals surface area contributed by atoms with E-state index in [0.717, 1.165) is 11.1 Å². The molecule has 4 nitrogen and oxygen atoms in total. The Balaban J connectivity index is 1.65. The average Bonchev–Trinajstić information content (AvgIpc) is 2.67. The molecule has 1 unspecified atom stereocenters. The molecule has 0 radical (unpaired) electrons. The molecule has 0 aliphatic heterocycles. The van der Waals surface area contributed by atoms with Crippen molar-refractivity contribution in [2.75, 3.05) is 7.05 Å². The molecule has 3 rings (SSSR count). The number of nitrogens with zero attached hydrogens (tertiary/aromatic N) is 1. The molecule has 134 valence electrons. The molecule has 26 heavy (non-hydrogen) atoms. The van der Waals surface area contributed by atoms with E-state index in [4.69, 9.17) is 0 Å². The highest BCUT2D eigenvalue weighted by Crippen LogP contribution is 2.20. The SMILES string of the molecule is CN=C(NCc1ccc(O)c(F)c1)NC(C)c1ccc2ccccc2c1. The topological polar surface area (TPSA) is 56.7 Å². The van der Waals surface area contributed by atoms with Crippen LogP contribution in [0.15, 0.2) is 65.7 Å². The van der Waals surface area contributed by atoms with Gasteiger partial charge in [0.2, 0.25) is 0 Å². The Morgan fingerprint density at radius 1 is 1.08 bits per heavy atom. The molecule has 0 aromatic heterocycles. The first-order valence-corrected chi connectivity index (χ1v) is 8.50. The molecule has 0 amide bonds. The number of halogens is 1. The van der Waals surface area contributed by atoms with Gasteiger partial charge in [0.25, 0.3) is 0 Å². The molecule has 3 aromatic rings. The minimum atomic E-state index is -0.628. The van der Waals surface area contributed by atoms with E-state index in [2.05, 4.69) is 52.9 Å². The van der Waals surface area contributed by atoms with Gasteiger partial charge in [-0.25, -0.2) is 4.39 Å². The first kappa shape index (κ1) is 17.7. The molecule has 0 aliphatic carbocycles. The molecule has 3 N–H and O–H groups in total. The fraction of sp³-hybridized carbons (Fsp3) is 0.190. The number of hydrogen-bond donors (Lipinski definition) is 3. The first-order valence-electron chi connectivity index (χ1n) is 8.50. The van der Waals surface area contributed by atoms with Crippen LogP contribution in [0, 0.1) is 5.82 Å². The number of phenolic OH excluding ortho intramolecular Hbond substituents is 1. The summed E-state index contributed by atoms with van der Waals surface area (Å²) in [6.45, 7) is 2.47. The molecule has 3 aromatic carbocycles. The highest BCUT2D eigenvalue weighted by atomic mass is 19.1. The Bertz CT molecular complexity index is 939. The second-order valence-electron chi connectivity index (χ2n) is 6.18. The van der Waals surface area contributed by atoms with Crippen LogP contribution < -0.4 is 10.6 Å². The Kier molecular flexibility index (Phi) is 5.37. The third kappa shape index (κ3) is 4.11. The highest BCUT2D eigenvalue weighted by molar-refractivity contribution is 5.84. The van der Waals surface area contributed by atoms with E-state index in [0.29, 0.717) is 12.5 Å². The second-order valence-corrected chi connectivity index (χ2v) is 6.18. The molecule has 5 heteroatoms. The summed E-state index contributed by atoms with van der Waals surface area (Å²) in [5.41, 5.74) is 1.88. The fourth-order valence-electron chi connectivity index (χ4n) is 2.81. The van der Waals surface area contributed by atoms with Gasteiger partial charge in [0, 0.05) is 13.6 Å². The smallest absolute Gasteiger partial charge is 0.191 e. The standard InChI is InChI=1S/C21H22FN3O/c1-14(17-9-8-16-5-3-4-6-18(16)12-17)25-21(23-2)24-13-15-7-10-20(26)19(22)11-15/h3-12,14,26H,13H2,1-2H3,(H2,23,24,25). The lowest BCUT2D eigenvalue weighted by Crippen LogP contribution is -2.38. The van der Waals surface area contributed by atoms with Gasteiger partial charge in [-0.15, -0.1) is 0 Å². The predicted molar refractivity (Wildman–Crippen MR) is 104 cm³/mol. The molecular formula is C21H22FN3O. The van der Waals surface area contributed by atoms with Gasteiger partial charge in [0.05, 0.1) is 6.04 Å². The Morgan fingerprint density at radius 2 is 1.85 bits per heavy atom. The molecule has 0 fully saturated rings. The number of nitrogens with one attached hydrogen (secondary N) is 2. The zero-order valence-electron chi connectivity index (χ0n) is 14.8. The van der Waals surface area contributed by atoms with Crippen molar-refractivity contribution in [2.45, 2.75) is 19.5 Å². The number of guanidine groups is 1. The number of fused-ring (bicyclic) bond motifs is 1. The highest BCUT2D eigenvalue weighted by Gasteiger charge is 2.09. The largest absolute Gasteiger partial charge is 0.505 e. The van der Waals surface area contributed by atoms with E-state index in [1.54, 1.807) is 13.1 Å². The summed E-state index contributed by atoms with van der Waals surface area (Å²) < 4.78 is 13.4. The van der Waals surface area contributed by atoms with Crippen molar-refractivity contribution in [3.63, 3.8) is 0 Å². The number of rotatable bonds is 4. The number of aliphatic imine (C=N–C) groups is 1. The summed E-state index contributed by atoms with van der Waals surface area (Å²) in [7, 11) is 1.69. The van der Waals surface area contributed by atoms with Crippen molar-refractivity contribution < 1.29 is 9.50 Å². The number of phenols is 1. The van der Waals surface area contributed by atoms with E-state index in [1.165, 1.54) is 22.9 Å². The van der Waals surface area contributed by atoms with Crippen LogP contribution in [0.4, 0.5) is 4.39 Å². The maximum Gasteiger partial charge on any atom is 0.191 e. The van der Waals surface area contributed by atoms with E-state index in [9.17, 15) is 9.50 Å². The first-order chi connectivity index (χ1) is 12.6. The lowest BCUT2D eigenvalue weighted by molar-refractivity contribution is 0.431. The summed E-state index contributed by atoms with van der Waals surface area (Å²) in [5, 5.41) is 18.2. The second kappa shape index (κ2) is 7.87. The molecule has 0 spiro atoms. The van der Waals surface area contributed by atoms with Crippen molar-refractivity contribution in [1.82, 2.24) is 10.6 Å². The van der Waals surface area contributed by atoms with Gasteiger partial charge in [-0.3, -0.25) is 4.99 Å². The molecule has 1 atom stereocenters. The minimum Gasteiger partial charge on any atom is -0.505 e. The zero-order chi connectivity index (χ0) is 18.5. The predicted octanol–water partition coefficient (Wildman–Crippen LogP) is 4.11. The molecular weight excluding hydrogens is 329 g/mol. The van der Waals surface area contributed by atoms with Gasteiger partial charge in [-0.05, 0) is 47.0 Å². The monoisotopic (exact) mass is 351 g/mol. The van der Waals surface area contributed by atoms with Gasteiger partial charge in [0.1, 0.15) is 0 Å². The number of benzene rings is 3. The van der Waals surface area contributed by atoms with Crippen LogP contribution in [-0.4, -0.2) is 18.1 Å². The number of hydrogen-bond acceptors (Lipinski definition) is 2. The van der Waals surface area contributed by atoms with Crippen LogP contribution in [-0.2, 0) is 6.54 Å². The summed E-state index contributed by atoms with van der Waals surface area (Å²) in [4.78, 5) is 4.22. The third-order valence-corrected chi connectivity index (χ3v) is 4.32. The van der Waals surface area contributed by atoms with Crippen LogP contribution >= 0.6 is 0 Å². The summed E-state index contributed by atoms with van der Waals surface area (Å²) >= 11 is 0. The van der Waals surface area contributed by atoms with Crippen molar-refractivity contribution in [3.8, 4) is 5.75 Å². The van der Waals surface area contributed by atoms with Gasteiger partial charge >= 0.3 is 0 Å². The molecule has 0 saturated carbocycles. The van der Waals surface area contributed by atoms with Gasteiger partial charge in [0.15, 0.2) is 17.5 Å². The molecule has 0 heterocycles. The van der Waals surface area contributed by atoms with Crippen LogP contribution in [0.25, 0.3) is 10.8 Å². The van der Waals surface area contributed by atoms with E-state index in [1.807, 2.05) is 12.1 Å². The molecule has 0 saturated heterocycles. The summed E-state index contributed by atoms with van der Waals surface area (Å²) in [5.74, 6) is -0.350.